The Labute approximate surface area is 95.1 Å². The van der Waals surface area contributed by atoms with Crippen molar-refractivity contribution in [3.05, 3.63) is 29.8 Å². The van der Waals surface area contributed by atoms with Gasteiger partial charge in [0, 0.05) is 38.4 Å². The summed E-state index contributed by atoms with van der Waals surface area (Å²) in [6, 6.07) is 7.48. The van der Waals surface area contributed by atoms with E-state index in [1.54, 1.807) is 4.90 Å². The molecule has 1 aromatic rings. The summed E-state index contributed by atoms with van der Waals surface area (Å²) in [7, 11) is 3.92. The predicted molar refractivity (Wildman–Crippen MR) is 62.7 cm³/mol. The zero-order valence-corrected chi connectivity index (χ0v) is 9.55. The monoisotopic (exact) mass is 220 g/mol. The van der Waals surface area contributed by atoms with Crippen molar-refractivity contribution in [3.63, 3.8) is 0 Å². The molecule has 0 saturated carbocycles. The Hall–Kier alpha value is -1.55. The molecule has 4 heteroatoms. The van der Waals surface area contributed by atoms with E-state index in [0.29, 0.717) is 18.7 Å². The van der Waals surface area contributed by atoms with Gasteiger partial charge in [0.1, 0.15) is 0 Å². The third-order valence-corrected chi connectivity index (χ3v) is 2.78. The van der Waals surface area contributed by atoms with Gasteiger partial charge in [0.05, 0.1) is 6.10 Å². The largest absolute Gasteiger partial charge is 0.389 e. The van der Waals surface area contributed by atoms with Crippen molar-refractivity contribution in [1.82, 2.24) is 4.90 Å². The van der Waals surface area contributed by atoms with Crippen LogP contribution in [0.1, 0.15) is 10.4 Å². The summed E-state index contributed by atoms with van der Waals surface area (Å²) in [5, 5.41) is 9.13. The highest BCUT2D eigenvalue weighted by Crippen LogP contribution is 2.16. The SMILES string of the molecule is CN(C)c1ccc(C(=O)N2CC(O)C2)cc1. The van der Waals surface area contributed by atoms with Crippen LogP contribution in [0.3, 0.4) is 0 Å². The molecule has 1 heterocycles. The number of β-amino-alcohol motifs (C(OH)–C–C–N with tert-alkyl or cyclic N) is 1. The lowest BCUT2D eigenvalue weighted by molar-refractivity contribution is 0.00590. The van der Waals surface area contributed by atoms with E-state index >= 15 is 0 Å². The Morgan fingerprint density at radius 3 is 2.31 bits per heavy atom. The van der Waals surface area contributed by atoms with Gasteiger partial charge in [-0.2, -0.15) is 0 Å². The molecule has 2 rings (SSSR count). The summed E-state index contributed by atoms with van der Waals surface area (Å²) in [6.07, 6.45) is -0.343. The molecule has 1 N–H and O–H groups in total. The molecule has 4 nitrogen and oxygen atoms in total. The van der Waals surface area contributed by atoms with Gasteiger partial charge >= 0.3 is 0 Å². The fourth-order valence-electron chi connectivity index (χ4n) is 1.71. The maximum Gasteiger partial charge on any atom is 0.254 e. The quantitative estimate of drug-likeness (QED) is 0.792. The van der Waals surface area contributed by atoms with Crippen molar-refractivity contribution in [2.75, 3.05) is 32.1 Å². The van der Waals surface area contributed by atoms with Crippen LogP contribution in [0.2, 0.25) is 0 Å². The van der Waals surface area contributed by atoms with E-state index in [2.05, 4.69) is 0 Å². The average molecular weight is 220 g/mol. The number of carbonyl (C=O) groups is 1. The van der Waals surface area contributed by atoms with Gasteiger partial charge in [-0.15, -0.1) is 0 Å². The molecular formula is C12H16N2O2. The molecule has 1 amide bonds. The number of benzene rings is 1. The minimum atomic E-state index is -0.343. The highest BCUT2D eigenvalue weighted by Gasteiger charge is 2.29. The Balaban J connectivity index is 2.07. The number of carbonyl (C=O) groups excluding carboxylic acids is 1. The Bertz CT molecular complexity index is 381. The lowest BCUT2D eigenvalue weighted by Crippen LogP contribution is -2.53. The standard InChI is InChI=1S/C12H16N2O2/c1-13(2)10-5-3-9(4-6-10)12(16)14-7-11(15)8-14/h3-6,11,15H,7-8H2,1-2H3. The van der Waals surface area contributed by atoms with Crippen LogP contribution in [0, 0.1) is 0 Å². The molecule has 0 atom stereocenters. The fraction of sp³-hybridized carbons (Fsp3) is 0.417. The molecule has 1 aliphatic heterocycles. The summed E-state index contributed by atoms with van der Waals surface area (Å²) in [6.45, 7) is 0.905. The van der Waals surface area contributed by atoms with Crippen LogP contribution >= 0.6 is 0 Å². The van der Waals surface area contributed by atoms with Gasteiger partial charge in [-0.1, -0.05) is 0 Å². The van der Waals surface area contributed by atoms with Gasteiger partial charge in [0.25, 0.3) is 5.91 Å². The van der Waals surface area contributed by atoms with Crippen molar-refractivity contribution in [2.24, 2.45) is 0 Å². The molecule has 0 radical (unpaired) electrons. The molecular weight excluding hydrogens is 204 g/mol. The van der Waals surface area contributed by atoms with Gasteiger partial charge in [-0.3, -0.25) is 4.79 Å². The van der Waals surface area contributed by atoms with Crippen LogP contribution in [-0.4, -0.2) is 49.2 Å². The number of amides is 1. The van der Waals surface area contributed by atoms with Crippen molar-refractivity contribution in [1.29, 1.82) is 0 Å². The molecule has 1 aliphatic rings. The number of aliphatic hydroxyl groups is 1. The van der Waals surface area contributed by atoms with Crippen molar-refractivity contribution in [2.45, 2.75) is 6.10 Å². The number of anilines is 1. The lowest BCUT2D eigenvalue weighted by Gasteiger charge is -2.35. The number of nitrogens with zero attached hydrogens (tertiary/aromatic N) is 2. The van der Waals surface area contributed by atoms with E-state index in [0.717, 1.165) is 5.69 Å². The number of hydrogen-bond donors (Lipinski definition) is 1. The number of hydrogen-bond acceptors (Lipinski definition) is 3. The summed E-state index contributed by atoms with van der Waals surface area (Å²) in [5.41, 5.74) is 1.75. The Morgan fingerprint density at radius 2 is 1.88 bits per heavy atom. The molecule has 0 bridgehead atoms. The van der Waals surface area contributed by atoms with E-state index in [1.165, 1.54) is 0 Å². The van der Waals surface area contributed by atoms with Crippen LogP contribution < -0.4 is 4.90 Å². The third kappa shape index (κ3) is 2.02. The summed E-state index contributed by atoms with van der Waals surface area (Å²) in [5.74, 6) is -0.00407. The van der Waals surface area contributed by atoms with E-state index in [-0.39, 0.29) is 12.0 Å². The first-order valence-electron chi connectivity index (χ1n) is 5.32. The van der Waals surface area contributed by atoms with Gasteiger partial charge in [-0.25, -0.2) is 0 Å². The number of aliphatic hydroxyl groups excluding tert-OH is 1. The number of likely N-dealkylation sites (tertiary alicyclic amines) is 1. The van der Waals surface area contributed by atoms with Crippen molar-refractivity contribution in [3.8, 4) is 0 Å². The molecule has 1 fully saturated rings. The minimum Gasteiger partial charge on any atom is -0.389 e. The van der Waals surface area contributed by atoms with Crippen molar-refractivity contribution >= 4 is 11.6 Å². The van der Waals surface area contributed by atoms with Crippen LogP contribution in [0.4, 0.5) is 5.69 Å². The third-order valence-electron chi connectivity index (χ3n) is 2.78. The molecule has 0 spiro atoms. The molecule has 0 aliphatic carbocycles. The number of rotatable bonds is 2. The molecule has 16 heavy (non-hydrogen) atoms. The normalized spacial score (nSPS) is 15.8. The second-order valence-corrected chi connectivity index (χ2v) is 4.31. The maximum atomic E-state index is 11.9. The highest BCUT2D eigenvalue weighted by atomic mass is 16.3. The maximum absolute atomic E-state index is 11.9. The molecule has 1 aromatic carbocycles. The molecule has 1 saturated heterocycles. The van der Waals surface area contributed by atoms with E-state index in [4.69, 9.17) is 5.11 Å². The van der Waals surface area contributed by atoms with Gasteiger partial charge in [-0.05, 0) is 24.3 Å². The minimum absolute atomic E-state index is 0.00407. The van der Waals surface area contributed by atoms with Crippen LogP contribution in [0.5, 0.6) is 0 Å². The fourth-order valence-corrected chi connectivity index (χ4v) is 1.71. The zero-order valence-electron chi connectivity index (χ0n) is 9.55. The molecule has 0 aromatic heterocycles. The highest BCUT2D eigenvalue weighted by molar-refractivity contribution is 5.95. The van der Waals surface area contributed by atoms with Crippen LogP contribution in [0.15, 0.2) is 24.3 Å². The van der Waals surface area contributed by atoms with E-state index in [9.17, 15) is 4.79 Å². The summed E-state index contributed by atoms with van der Waals surface area (Å²) < 4.78 is 0. The predicted octanol–water partition coefficient (Wildman–Crippen LogP) is 0.569. The topological polar surface area (TPSA) is 43.8 Å². The van der Waals surface area contributed by atoms with Gasteiger partial charge < -0.3 is 14.9 Å². The smallest absolute Gasteiger partial charge is 0.254 e. The second-order valence-electron chi connectivity index (χ2n) is 4.31. The summed E-state index contributed by atoms with van der Waals surface area (Å²) >= 11 is 0. The first kappa shape index (κ1) is 11.0. The van der Waals surface area contributed by atoms with Crippen molar-refractivity contribution < 1.29 is 9.90 Å². The van der Waals surface area contributed by atoms with Crippen LogP contribution in [-0.2, 0) is 0 Å². The molecule has 0 unspecified atom stereocenters. The first-order chi connectivity index (χ1) is 7.58. The van der Waals surface area contributed by atoms with Crippen LogP contribution in [0.25, 0.3) is 0 Å². The van der Waals surface area contributed by atoms with Gasteiger partial charge in [0.15, 0.2) is 0 Å². The van der Waals surface area contributed by atoms with Gasteiger partial charge in [0.2, 0.25) is 0 Å². The average Bonchev–Trinajstić information content (AvgIpc) is 2.24. The second kappa shape index (κ2) is 4.14. The lowest BCUT2D eigenvalue weighted by atomic mass is 10.1. The van der Waals surface area contributed by atoms with E-state index < -0.39 is 0 Å². The Morgan fingerprint density at radius 1 is 1.31 bits per heavy atom. The Kier molecular flexibility index (Phi) is 2.83. The first-order valence-corrected chi connectivity index (χ1v) is 5.32. The molecule has 86 valence electrons. The van der Waals surface area contributed by atoms with E-state index in [1.807, 2.05) is 43.3 Å². The zero-order chi connectivity index (χ0) is 11.7. The summed E-state index contributed by atoms with van der Waals surface area (Å²) in [4.78, 5) is 15.5.